The van der Waals surface area contributed by atoms with Crippen LogP contribution in [0.3, 0.4) is 0 Å². The highest BCUT2D eigenvalue weighted by atomic mass is 35.5. The van der Waals surface area contributed by atoms with Gasteiger partial charge in [-0.25, -0.2) is 4.98 Å². The fraction of sp³-hybridized carbons (Fsp3) is 0.0625. The first-order chi connectivity index (χ1) is 10.6. The van der Waals surface area contributed by atoms with E-state index >= 15 is 0 Å². The van der Waals surface area contributed by atoms with Gasteiger partial charge in [-0.15, -0.1) is 0 Å². The number of hydrogen-bond acceptors (Lipinski definition) is 4. The van der Waals surface area contributed by atoms with E-state index in [-0.39, 0.29) is 11.4 Å². The zero-order chi connectivity index (χ0) is 15.7. The molecule has 0 bridgehead atoms. The largest absolute Gasteiger partial charge is 0.339 e. The summed E-state index contributed by atoms with van der Waals surface area (Å²) in [4.78, 5) is 16.8. The van der Waals surface area contributed by atoms with E-state index in [1.54, 1.807) is 36.5 Å². The number of aryl methyl sites for hydroxylation is 1. The predicted octanol–water partition coefficient (Wildman–Crippen LogP) is 3.27. The van der Waals surface area contributed by atoms with Crippen molar-refractivity contribution in [1.82, 2.24) is 9.38 Å². The lowest BCUT2D eigenvalue weighted by Gasteiger charge is -2.10. The van der Waals surface area contributed by atoms with Crippen LogP contribution < -0.4 is 10.9 Å². The zero-order valence-corrected chi connectivity index (χ0v) is 12.4. The number of nitrogens with one attached hydrogen (secondary N) is 1. The third-order valence-corrected chi connectivity index (χ3v) is 3.52. The van der Waals surface area contributed by atoms with E-state index in [0.29, 0.717) is 16.4 Å². The molecule has 1 aromatic carbocycles. The molecule has 5 nitrogen and oxygen atoms in total. The molecule has 22 heavy (non-hydrogen) atoms. The monoisotopic (exact) mass is 310 g/mol. The van der Waals surface area contributed by atoms with Gasteiger partial charge in [0.2, 0.25) is 0 Å². The topological polar surface area (TPSA) is 70.2 Å². The molecule has 0 saturated heterocycles. The Morgan fingerprint density at radius 2 is 2.00 bits per heavy atom. The van der Waals surface area contributed by atoms with Crippen LogP contribution in [0.25, 0.3) is 5.65 Å². The molecule has 0 spiro atoms. The molecule has 0 saturated carbocycles. The van der Waals surface area contributed by atoms with Crippen LogP contribution in [-0.2, 0) is 0 Å². The summed E-state index contributed by atoms with van der Waals surface area (Å²) in [6.07, 6.45) is 1.60. The highest BCUT2D eigenvalue weighted by molar-refractivity contribution is 6.30. The van der Waals surface area contributed by atoms with Crippen LogP contribution in [0.2, 0.25) is 5.02 Å². The summed E-state index contributed by atoms with van der Waals surface area (Å²) in [6, 6.07) is 12.5. The van der Waals surface area contributed by atoms with E-state index in [4.69, 9.17) is 11.6 Å². The Hall–Kier alpha value is -2.84. The molecule has 0 aliphatic carbocycles. The van der Waals surface area contributed by atoms with E-state index in [9.17, 15) is 10.1 Å². The van der Waals surface area contributed by atoms with E-state index in [1.807, 2.05) is 19.1 Å². The normalized spacial score (nSPS) is 10.4. The van der Waals surface area contributed by atoms with Crippen molar-refractivity contribution in [3.05, 3.63) is 69.1 Å². The van der Waals surface area contributed by atoms with Crippen molar-refractivity contribution in [3.8, 4) is 6.07 Å². The van der Waals surface area contributed by atoms with Gasteiger partial charge < -0.3 is 5.32 Å². The van der Waals surface area contributed by atoms with Crippen molar-refractivity contribution < 1.29 is 0 Å². The minimum Gasteiger partial charge on any atom is -0.339 e. The Bertz CT molecular complexity index is 955. The molecule has 3 rings (SSSR count). The molecule has 2 heterocycles. The molecule has 0 radical (unpaired) electrons. The molecule has 1 N–H and O–H groups in total. The molecule has 0 atom stereocenters. The maximum atomic E-state index is 12.4. The Kier molecular flexibility index (Phi) is 3.53. The molecule has 0 amide bonds. The number of nitriles is 1. The van der Waals surface area contributed by atoms with Crippen LogP contribution in [0.4, 0.5) is 11.5 Å². The first kappa shape index (κ1) is 14.1. The minimum absolute atomic E-state index is 0.0296. The lowest BCUT2D eigenvalue weighted by Crippen LogP contribution is -2.20. The summed E-state index contributed by atoms with van der Waals surface area (Å²) < 4.78 is 1.38. The molecule has 2 aromatic heterocycles. The smallest absolute Gasteiger partial charge is 0.278 e. The van der Waals surface area contributed by atoms with Gasteiger partial charge in [0.15, 0.2) is 11.4 Å². The quantitative estimate of drug-likeness (QED) is 0.788. The van der Waals surface area contributed by atoms with Crippen molar-refractivity contribution in [2.24, 2.45) is 0 Å². The molecular formula is C16H11ClN4O. The lowest BCUT2D eigenvalue weighted by atomic mass is 10.2. The number of rotatable bonds is 2. The standard InChI is InChI=1S/C16H11ClN4O/c1-10-3-2-8-21-15(10)20-14(13(9-18)16(21)22)19-12-6-4-11(17)5-7-12/h2-8,19H,1H3. The molecule has 0 aliphatic rings. The molecular weight excluding hydrogens is 300 g/mol. The average Bonchev–Trinajstić information content (AvgIpc) is 2.51. The van der Waals surface area contributed by atoms with Gasteiger partial charge in [-0.1, -0.05) is 17.7 Å². The fourth-order valence-electron chi connectivity index (χ4n) is 2.16. The van der Waals surface area contributed by atoms with Crippen LogP contribution in [0.1, 0.15) is 11.1 Å². The highest BCUT2D eigenvalue weighted by Gasteiger charge is 2.13. The molecule has 108 valence electrons. The van der Waals surface area contributed by atoms with Crippen LogP contribution in [-0.4, -0.2) is 9.38 Å². The van der Waals surface area contributed by atoms with Crippen molar-refractivity contribution >= 4 is 28.8 Å². The van der Waals surface area contributed by atoms with Gasteiger partial charge in [0.05, 0.1) is 0 Å². The maximum Gasteiger partial charge on any atom is 0.278 e. The summed E-state index contributed by atoms with van der Waals surface area (Å²) >= 11 is 5.85. The van der Waals surface area contributed by atoms with E-state index in [0.717, 1.165) is 5.56 Å². The lowest BCUT2D eigenvalue weighted by molar-refractivity contribution is 1.02. The van der Waals surface area contributed by atoms with Crippen molar-refractivity contribution in [2.75, 3.05) is 5.32 Å². The molecule has 6 heteroatoms. The van der Waals surface area contributed by atoms with E-state index < -0.39 is 5.56 Å². The summed E-state index contributed by atoms with van der Waals surface area (Å²) in [7, 11) is 0. The zero-order valence-electron chi connectivity index (χ0n) is 11.7. The van der Waals surface area contributed by atoms with Crippen LogP contribution in [0, 0.1) is 18.3 Å². The number of fused-ring (bicyclic) bond motifs is 1. The second kappa shape index (κ2) is 5.51. The number of halogens is 1. The summed E-state index contributed by atoms with van der Waals surface area (Å²) in [5.41, 5.74) is 1.64. The number of benzene rings is 1. The molecule has 0 unspecified atom stereocenters. The first-order valence-electron chi connectivity index (χ1n) is 6.55. The van der Waals surface area contributed by atoms with Gasteiger partial charge in [-0.2, -0.15) is 5.26 Å². The number of pyridine rings is 1. The van der Waals surface area contributed by atoms with Gasteiger partial charge >= 0.3 is 0 Å². The van der Waals surface area contributed by atoms with Gasteiger partial charge in [-0.3, -0.25) is 9.20 Å². The molecule has 0 fully saturated rings. The molecule has 3 aromatic rings. The minimum atomic E-state index is -0.396. The first-order valence-corrected chi connectivity index (χ1v) is 6.92. The SMILES string of the molecule is Cc1cccn2c(=O)c(C#N)c(Nc3ccc(Cl)cc3)nc12. The Labute approximate surface area is 131 Å². The van der Waals surface area contributed by atoms with Crippen LogP contribution >= 0.6 is 11.6 Å². The van der Waals surface area contributed by atoms with Crippen LogP contribution in [0.15, 0.2) is 47.4 Å². The Morgan fingerprint density at radius 3 is 2.68 bits per heavy atom. The number of nitrogens with zero attached hydrogens (tertiary/aromatic N) is 3. The predicted molar refractivity (Wildman–Crippen MR) is 85.6 cm³/mol. The summed E-state index contributed by atoms with van der Waals surface area (Å²) in [5, 5.41) is 12.9. The number of anilines is 2. The second-order valence-electron chi connectivity index (χ2n) is 4.77. The number of hydrogen-bond donors (Lipinski definition) is 1. The van der Waals surface area contributed by atoms with Crippen molar-refractivity contribution in [1.29, 1.82) is 5.26 Å². The van der Waals surface area contributed by atoms with E-state index in [1.165, 1.54) is 4.40 Å². The van der Waals surface area contributed by atoms with Gasteiger partial charge in [0.1, 0.15) is 11.7 Å². The van der Waals surface area contributed by atoms with Crippen LogP contribution in [0.5, 0.6) is 0 Å². The third-order valence-electron chi connectivity index (χ3n) is 3.27. The number of aromatic nitrogens is 2. The Morgan fingerprint density at radius 1 is 1.27 bits per heavy atom. The summed E-state index contributed by atoms with van der Waals surface area (Å²) in [6.45, 7) is 1.86. The third kappa shape index (κ3) is 2.41. The van der Waals surface area contributed by atoms with Crippen molar-refractivity contribution in [3.63, 3.8) is 0 Å². The maximum absolute atomic E-state index is 12.4. The fourth-order valence-corrected chi connectivity index (χ4v) is 2.29. The highest BCUT2D eigenvalue weighted by Crippen LogP contribution is 2.20. The Balaban J connectivity index is 2.20. The van der Waals surface area contributed by atoms with E-state index in [2.05, 4.69) is 10.3 Å². The van der Waals surface area contributed by atoms with Gasteiger partial charge in [0, 0.05) is 16.9 Å². The molecule has 0 aliphatic heterocycles. The van der Waals surface area contributed by atoms with Gasteiger partial charge in [-0.05, 0) is 42.8 Å². The average molecular weight is 311 g/mol. The van der Waals surface area contributed by atoms with Crippen molar-refractivity contribution in [2.45, 2.75) is 6.92 Å². The summed E-state index contributed by atoms with van der Waals surface area (Å²) in [5.74, 6) is 0.240. The van der Waals surface area contributed by atoms with Gasteiger partial charge in [0.25, 0.3) is 5.56 Å². The second-order valence-corrected chi connectivity index (χ2v) is 5.21.